The van der Waals surface area contributed by atoms with Gasteiger partial charge in [0.1, 0.15) is 11.6 Å². The zero-order chi connectivity index (χ0) is 27.4. The zero-order valence-corrected chi connectivity index (χ0v) is 22.1. The number of aromatic nitrogens is 2. The SMILES string of the molecule is C[C@H]1COCCN1c1cc(N2CCOC[C@@H]2C)nc(NC(=O)c2ccc(N(C(N)=O)c3ccccc3)cc2)n1. The maximum atomic E-state index is 13.2. The van der Waals surface area contributed by atoms with Crippen LogP contribution in [0.3, 0.4) is 0 Å². The zero-order valence-electron chi connectivity index (χ0n) is 22.1. The number of urea groups is 1. The first-order chi connectivity index (χ1) is 18.9. The number of primary amides is 1. The molecular formula is C28H33N7O4. The molecule has 0 spiro atoms. The molecule has 5 rings (SSSR count). The van der Waals surface area contributed by atoms with Crippen molar-refractivity contribution in [3.05, 3.63) is 66.2 Å². The van der Waals surface area contributed by atoms with Gasteiger partial charge in [0.15, 0.2) is 0 Å². The normalized spacial score (nSPS) is 19.4. The standard InChI is InChI=1S/C28H33N7O4/c1-19-17-38-14-12-33(19)24-16-25(34-13-15-39-18-20(34)2)31-28(30-24)32-26(36)21-8-10-23(11-9-21)35(27(29)37)22-6-4-3-5-7-22/h3-11,16,19-20H,12-15,17-18H2,1-2H3,(H2,29,37)(H,30,31,32,36)/t19-,20-/m0/s1. The van der Waals surface area contributed by atoms with Crippen LogP contribution < -0.4 is 25.8 Å². The highest BCUT2D eigenvalue weighted by molar-refractivity contribution is 6.04. The van der Waals surface area contributed by atoms with Gasteiger partial charge in [0.25, 0.3) is 5.91 Å². The van der Waals surface area contributed by atoms with Crippen molar-refractivity contribution in [2.45, 2.75) is 25.9 Å². The molecule has 3 heterocycles. The molecular weight excluding hydrogens is 498 g/mol. The van der Waals surface area contributed by atoms with Crippen LogP contribution in [0.4, 0.5) is 33.8 Å². The summed E-state index contributed by atoms with van der Waals surface area (Å²) >= 11 is 0. The maximum Gasteiger partial charge on any atom is 0.323 e. The molecule has 0 bridgehead atoms. The quantitative estimate of drug-likeness (QED) is 0.496. The smallest absolute Gasteiger partial charge is 0.323 e. The van der Waals surface area contributed by atoms with Crippen molar-refractivity contribution in [1.29, 1.82) is 0 Å². The Balaban J connectivity index is 1.40. The van der Waals surface area contributed by atoms with E-state index in [1.807, 2.05) is 24.3 Å². The second-order valence-electron chi connectivity index (χ2n) is 9.65. The number of morpholine rings is 2. The fraction of sp³-hybridized carbons (Fsp3) is 0.357. The first-order valence-electron chi connectivity index (χ1n) is 13.0. The lowest BCUT2D eigenvalue weighted by atomic mass is 10.1. The largest absolute Gasteiger partial charge is 0.377 e. The van der Waals surface area contributed by atoms with E-state index in [2.05, 4.69) is 29.0 Å². The van der Waals surface area contributed by atoms with Crippen molar-refractivity contribution in [1.82, 2.24) is 9.97 Å². The van der Waals surface area contributed by atoms with Crippen molar-refractivity contribution in [3.8, 4) is 0 Å². The summed E-state index contributed by atoms with van der Waals surface area (Å²) in [5.74, 6) is 1.33. The average molecular weight is 532 g/mol. The van der Waals surface area contributed by atoms with Crippen LogP contribution in [0.25, 0.3) is 0 Å². The minimum atomic E-state index is -0.620. The Kier molecular flexibility index (Phi) is 7.89. The molecule has 2 aliphatic rings. The Bertz CT molecular complexity index is 1260. The number of para-hydroxylation sites is 1. The average Bonchev–Trinajstić information content (AvgIpc) is 2.94. The van der Waals surface area contributed by atoms with Gasteiger partial charge in [-0.15, -0.1) is 0 Å². The topological polar surface area (TPSA) is 126 Å². The molecule has 1 aromatic heterocycles. The van der Waals surface area contributed by atoms with Crippen LogP contribution in [-0.4, -0.2) is 73.5 Å². The van der Waals surface area contributed by atoms with E-state index in [9.17, 15) is 9.59 Å². The molecule has 3 amide bonds. The van der Waals surface area contributed by atoms with Crippen molar-refractivity contribution in [3.63, 3.8) is 0 Å². The van der Waals surface area contributed by atoms with E-state index in [1.165, 1.54) is 4.90 Å². The van der Waals surface area contributed by atoms with Crippen LogP contribution >= 0.6 is 0 Å². The van der Waals surface area contributed by atoms with Crippen molar-refractivity contribution in [2.75, 3.05) is 59.5 Å². The molecule has 2 aromatic carbocycles. The first-order valence-corrected chi connectivity index (χ1v) is 13.0. The van der Waals surface area contributed by atoms with Gasteiger partial charge in [-0.3, -0.25) is 15.0 Å². The number of anilines is 5. The van der Waals surface area contributed by atoms with Crippen LogP contribution in [0, 0.1) is 0 Å². The van der Waals surface area contributed by atoms with E-state index in [0.717, 1.165) is 11.6 Å². The summed E-state index contributed by atoms with van der Waals surface area (Å²) in [5, 5.41) is 2.87. The van der Waals surface area contributed by atoms with Gasteiger partial charge in [-0.1, -0.05) is 18.2 Å². The van der Waals surface area contributed by atoms with E-state index in [-0.39, 0.29) is 23.9 Å². The lowest BCUT2D eigenvalue weighted by molar-refractivity contribution is 0.0977. The highest BCUT2D eigenvalue weighted by Crippen LogP contribution is 2.28. The molecule has 2 fully saturated rings. The van der Waals surface area contributed by atoms with E-state index in [0.29, 0.717) is 56.5 Å². The summed E-state index contributed by atoms with van der Waals surface area (Å²) in [7, 11) is 0. The minimum Gasteiger partial charge on any atom is -0.377 e. The lowest BCUT2D eigenvalue weighted by Crippen LogP contribution is -2.46. The van der Waals surface area contributed by atoms with E-state index in [4.69, 9.17) is 25.2 Å². The van der Waals surface area contributed by atoms with Crippen LogP contribution in [-0.2, 0) is 9.47 Å². The summed E-state index contributed by atoms with van der Waals surface area (Å²) in [6.07, 6.45) is 0. The number of hydrogen-bond acceptors (Lipinski definition) is 8. The number of rotatable bonds is 6. The van der Waals surface area contributed by atoms with E-state index >= 15 is 0 Å². The highest BCUT2D eigenvalue weighted by Gasteiger charge is 2.26. The molecule has 3 N–H and O–H groups in total. The second kappa shape index (κ2) is 11.7. The Morgan fingerprint density at radius 3 is 1.92 bits per heavy atom. The van der Waals surface area contributed by atoms with Gasteiger partial charge < -0.3 is 25.0 Å². The Morgan fingerprint density at radius 1 is 0.872 bits per heavy atom. The number of ether oxygens (including phenoxy) is 2. The Labute approximate surface area is 227 Å². The van der Waals surface area contributed by atoms with Gasteiger partial charge in [-0.05, 0) is 50.2 Å². The van der Waals surface area contributed by atoms with Gasteiger partial charge in [-0.25, -0.2) is 4.79 Å². The number of hydrogen-bond donors (Lipinski definition) is 2. The fourth-order valence-corrected chi connectivity index (χ4v) is 4.82. The number of nitrogens with one attached hydrogen (secondary N) is 1. The predicted molar refractivity (Wildman–Crippen MR) is 150 cm³/mol. The fourth-order valence-electron chi connectivity index (χ4n) is 4.82. The van der Waals surface area contributed by atoms with Crippen LogP contribution in [0.5, 0.6) is 0 Å². The molecule has 0 radical (unpaired) electrons. The predicted octanol–water partition coefficient (Wildman–Crippen LogP) is 3.40. The third-order valence-electron chi connectivity index (χ3n) is 6.87. The molecule has 0 aliphatic carbocycles. The third-order valence-corrected chi connectivity index (χ3v) is 6.87. The van der Waals surface area contributed by atoms with Crippen LogP contribution in [0.1, 0.15) is 24.2 Å². The molecule has 11 heteroatoms. The number of carbonyl (C=O) groups excluding carboxylic acids is 2. The van der Waals surface area contributed by atoms with Gasteiger partial charge in [0.2, 0.25) is 5.95 Å². The summed E-state index contributed by atoms with van der Waals surface area (Å²) in [5.41, 5.74) is 7.22. The monoisotopic (exact) mass is 531 g/mol. The van der Waals surface area contributed by atoms with Gasteiger partial charge in [0, 0.05) is 24.7 Å². The Morgan fingerprint density at radius 2 is 1.41 bits per heavy atom. The van der Waals surface area contributed by atoms with Gasteiger partial charge in [-0.2, -0.15) is 9.97 Å². The lowest BCUT2D eigenvalue weighted by Gasteiger charge is -2.37. The van der Waals surface area contributed by atoms with E-state index < -0.39 is 6.03 Å². The van der Waals surface area contributed by atoms with Crippen molar-refractivity contribution in [2.24, 2.45) is 5.73 Å². The molecule has 11 nitrogen and oxygen atoms in total. The van der Waals surface area contributed by atoms with Gasteiger partial charge in [0.05, 0.1) is 49.9 Å². The second-order valence-corrected chi connectivity index (χ2v) is 9.65. The number of nitrogens with two attached hydrogens (primary N) is 1. The summed E-state index contributed by atoms with van der Waals surface area (Å²) in [4.78, 5) is 40.5. The molecule has 2 atom stereocenters. The Hall–Kier alpha value is -4.22. The highest BCUT2D eigenvalue weighted by atomic mass is 16.5. The van der Waals surface area contributed by atoms with Gasteiger partial charge >= 0.3 is 6.03 Å². The van der Waals surface area contributed by atoms with Crippen LogP contribution in [0.2, 0.25) is 0 Å². The van der Waals surface area contributed by atoms with Crippen LogP contribution in [0.15, 0.2) is 60.7 Å². The number of nitrogens with zero attached hydrogens (tertiary/aromatic N) is 5. The molecule has 39 heavy (non-hydrogen) atoms. The minimum absolute atomic E-state index is 0.137. The summed E-state index contributed by atoms with van der Waals surface area (Å²) in [6, 6.07) is 17.4. The molecule has 2 aliphatic heterocycles. The molecule has 3 aromatic rings. The van der Waals surface area contributed by atoms with Crippen molar-refractivity contribution < 1.29 is 19.1 Å². The maximum absolute atomic E-state index is 13.2. The third kappa shape index (κ3) is 5.94. The number of benzene rings is 2. The van der Waals surface area contributed by atoms with Crippen molar-refractivity contribution >= 4 is 40.9 Å². The molecule has 0 saturated carbocycles. The summed E-state index contributed by atoms with van der Waals surface area (Å²) in [6.45, 7) is 7.99. The molecule has 2 saturated heterocycles. The first kappa shape index (κ1) is 26.4. The van der Waals surface area contributed by atoms with E-state index in [1.54, 1.807) is 36.4 Å². The molecule has 204 valence electrons. The number of carbonyl (C=O) groups is 2. The summed E-state index contributed by atoms with van der Waals surface area (Å²) < 4.78 is 11.2. The molecule has 0 unspecified atom stereocenters. The number of amides is 3.